The highest BCUT2D eigenvalue weighted by molar-refractivity contribution is 8.00. The van der Waals surface area contributed by atoms with Crippen molar-refractivity contribution < 1.29 is 19.4 Å². The summed E-state index contributed by atoms with van der Waals surface area (Å²) < 4.78 is 10.6. The number of hydrogen-bond acceptors (Lipinski definition) is 5. The number of ether oxygens (including phenoxy) is 2. The van der Waals surface area contributed by atoms with E-state index in [1.165, 1.54) is 24.8 Å². The molecule has 1 aliphatic rings. The summed E-state index contributed by atoms with van der Waals surface area (Å²) in [7, 11) is 1.36. The average molecular weight is 336 g/mol. The molecule has 4 nitrogen and oxygen atoms in total. The molecule has 1 aromatic carbocycles. The van der Waals surface area contributed by atoms with E-state index in [1.54, 1.807) is 6.92 Å². The molecule has 0 aromatic heterocycles. The normalized spacial score (nSPS) is 16.5. The van der Waals surface area contributed by atoms with Crippen molar-refractivity contribution in [2.45, 2.75) is 49.4 Å². The minimum atomic E-state index is -0.422. The lowest BCUT2D eigenvalue weighted by atomic mass is 10.0. The van der Waals surface area contributed by atoms with Crippen LogP contribution in [-0.2, 0) is 14.3 Å². The molecule has 0 bridgehead atoms. The van der Waals surface area contributed by atoms with E-state index >= 15 is 0 Å². The topological polar surface area (TPSA) is 55.8 Å². The predicted octanol–water partition coefficient (Wildman–Crippen LogP) is 3.63. The van der Waals surface area contributed by atoms with Gasteiger partial charge in [0, 0.05) is 16.6 Å². The van der Waals surface area contributed by atoms with Crippen LogP contribution in [0.2, 0.25) is 0 Å². The highest BCUT2D eigenvalue weighted by Crippen LogP contribution is 2.39. The molecule has 23 heavy (non-hydrogen) atoms. The van der Waals surface area contributed by atoms with Gasteiger partial charge in [-0.2, -0.15) is 0 Å². The molecular formula is C18H24O4S. The monoisotopic (exact) mass is 336 g/mol. The van der Waals surface area contributed by atoms with Gasteiger partial charge in [0.1, 0.15) is 17.4 Å². The summed E-state index contributed by atoms with van der Waals surface area (Å²) >= 11 is 1.88. The van der Waals surface area contributed by atoms with Crippen molar-refractivity contribution in [2.75, 3.05) is 13.7 Å². The average Bonchev–Trinajstić information content (AvgIpc) is 3.39. The third-order valence-electron chi connectivity index (χ3n) is 3.56. The first-order valence-corrected chi connectivity index (χ1v) is 8.83. The molecule has 1 N–H and O–H groups in total. The van der Waals surface area contributed by atoms with E-state index in [4.69, 9.17) is 9.47 Å². The Morgan fingerprint density at radius 3 is 2.48 bits per heavy atom. The summed E-state index contributed by atoms with van der Waals surface area (Å²) in [6.07, 6.45) is 2.75. The van der Waals surface area contributed by atoms with Crippen LogP contribution in [-0.4, -0.2) is 36.1 Å². The molecule has 1 saturated carbocycles. The molecule has 1 fully saturated rings. The third-order valence-corrected chi connectivity index (χ3v) is 4.91. The van der Waals surface area contributed by atoms with Crippen LogP contribution in [0.15, 0.2) is 34.9 Å². The van der Waals surface area contributed by atoms with Crippen molar-refractivity contribution in [2.24, 2.45) is 0 Å². The number of thioether (sulfide) groups is 1. The molecule has 1 aliphatic carbocycles. The Morgan fingerprint density at radius 2 is 2.00 bits per heavy atom. The Balaban J connectivity index is 2.30. The van der Waals surface area contributed by atoms with Crippen LogP contribution in [0.4, 0.5) is 0 Å². The van der Waals surface area contributed by atoms with Gasteiger partial charge < -0.3 is 14.6 Å². The molecule has 2 rings (SSSR count). The maximum atomic E-state index is 12.2. The smallest absolute Gasteiger partial charge is 0.341 e. The lowest BCUT2D eigenvalue weighted by molar-refractivity contribution is -0.133. The van der Waals surface area contributed by atoms with Crippen molar-refractivity contribution >= 4 is 23.3 Å². The van der Waals surface area contributed by atoms with Gasteiger partial charge in [0.2, 0.25) is 0 Å². The zero-order valence-corrected chi connectivity index (χ0v) is 14.7. The van der Waals surface area contributed by atoms with Crippen molar-refractivity contribution in [3.8, 4) is 0 Å². The molecule has 0 radical (unpaired) electrons. The van der Waals surface area contributed by atoms with Gasteiger partial charge >= 0.3 is 5.97 Å². The Hall–Kier alpha value is -1.46. The minimum absolute atomic E-state index is 0.102. The van der Waals surface area contributed by atoms with Gasteiger partial charge in [0.05, 0.1) is 13.7 Å². The standard InChI is InChI=1S/C18H24O4S/c1-4-16(22-12(2)11-19)17(18(20)21-3)13-5-7-14(8-6-13)23-15-9-10-15/h5-8,12,15,19H,4,9-11H2,1-3H3/b17-16+/t12-/m1/s1. The molecule has 126 valence electrons. The van der Waals surface area contributed by atoms with Gasteiger partial charge in [0.15, 0.2) is 0 Å². The summed E-state index contributed by atoms with van der Waals surface area (Å²) in [5.74, 6) is 0.121. The first-order chi connectivity index (χ1) is 11.1. The molecule has 0 saturated heterocycles. The Kier molecular flexibility index (Phi) is 6.54. The summed E-state index contributed by atoms with van der Waals surface area (Å²) in [4.78, 5) is 13.4. The molecule has 0 amide bonds. The molecule has 5 heteroatoms. The summed E-state index contributed by atoms with van der Waals surface area (Å²) in [5, 5.41) is 9.93. The van der Waals surface area contributed by atoms with E-state index in [-0.39, 0.29) is 12.7 Å². The van der Waals surface area contributed by atoms with Crippen LogP contribution in [0.5, 0.6) is 0 Å². The van der Waals surface area contributed by atoms with Crippen molar-refractivity contribution in [3.05, 3.63) is 35.6 Å². The number of aliphatic hydroxyl groups excluding tert-OH is 1. The van der Waals surface area contributed by atoms with E-state index in [1.807, 2.05) is 43.0 Å². The van der Waals surface area contributed by atoms with E-state index in [2.05, 4.69) is 0 Å². The van der Waals surface area contributed by atoms with Crippen LogP contribution < -0.4 is 0 Å². The fourth-order valence-electron chi connectivity index (χ4n) is 2.17. The van der Waals surface area contributed by atoms with E-state index in [9.17, 15) is 9.90 Å². The SMILES string of the molecule is CC/C(O[C@H](C)CO)=C(\C(=O)OC)c1ccc(SC2CC2)cc1. The van der Waals surface area contributed by atoms with Crippen LogP contribution in [0, 0.1) is 0 Å². The minimum Gasteiger partial charge on any atom is -0.492 e. The van der Waals surface area contributed by atoms with Gasteiger partial charge in [-0.3, -0.25) is 0 Å². The van der Waals surface area contributed by atoms with E-state index in [0.29, 0.717) is 17.8 Å². The first kappa shape index (κ1) is 17.9. The van der Waals surface area contributed by atoms with Crippen molar-refractivity contribution in [1.29, 1.82) is 0 Å². The number of esters is 1. The second-order valence-corrected chi connectivity index (χ2v) is 6.97. The Morgan fingerprint density at radius 1 is 1.35 bits per heavy atom. The van der Waals surface area contributed by atoms with Crippen molar-refractivity contribution in [1.82, 2.24) is 0 Å². The number of carbonyl (C=O) groups excluding carboxylic acids is 1. The number of benzene rings is 1. The molecule has 1 aromatic rings. The van der Waals surface area contributed by atoms with Crippen molar-refractivity contribution in [3.63, 3.8) is 0 Å². The van der Waals surface area contributed by atoms with Gasteiger partial charge in [-0.05, 0) is 37.5 Å². The largest absolute Gasteiger partial charge is 0.492 e. The lowest BCUT2D eigenvalue weighted by Crippen LogP contribution is -2.16. The number of carbonyl (C=O) groups is 1. The Bertz CT molecular complexity index is 561. The predicted molar refractivity (Wildman–Crippen MR) is 92.2 cm³/mol. The third kappa shape index (κ3) is 5.01. The maximum Gasteiger partial charge on any atom is 0.341 e. The highest BCUT2D eigenvalue weighted by atomic mass is 32.2. The van der Waals surface area contributed by atoms with Gasteiger partial charge in [-0.1, -0.05) is 19.1 Å². The van der Waals surface area contributed by atoms with Crippen LogP contribution >= 0.6 is 11.8 Å². The zero-order valence-electron chi connectivity index (χ0n) is 13.9. The van der Waals surface area contributed by atoms with E-state index in [0.717, 1.165) is 10.8 Å². The maximum absolute atomic E-state index is 12.2. The number of hydrogen-bond donors (Lipinski definition) is 1. The molecular weight excluding hydrogens is 312 g/mol. The zero-order chi connectivity index (χ0) is 16.8. The first-order valence-electron chi connectivity index (χ1n) is 7.95. The lowest BCUT2D eigenvalue weighted by Gasteiger charge is -2.18. The molecule has 0 spiro atoms. The number of aliphatic hydroxyl groups is 1. The Labute approximate surface area is 141 Å². The second kappa shape index (κ2) is 8.41. The molecule has 0 unspecified atom stereocenters. The fraction of sp³-hybridized carbons (Fsp3) is 0.500. The highest BCUT2D eigenvalue weighted by Gasteiger charge is 2.23. The van der Waals surface area contributed by atoms with Crippen LogP contribution in [0.3, 0.4) is 0 Å². The molecule has 0 aliphatic heterocycles. The van der Waals surface area contributed by atoms with Gasteiger partial charge in [0.25, 0.3) is 0 Å². The van der Waals surface area contributed by atoms with E-state index < -0.39 is 5.97 Å². The summed E-state index contributed by atoms with van der Waals surface area (Å²) in [6, 6.07) is 7.92. The summed E-state index contributed by atoms with van der Waals surface area (Å²) in [5.41, 5.74) is 1.21. The van der Waals surface area contributed by atoms with Crippen LogP contribution in [0.1, 0.15) is 38.7 Å². The van der Waals surface area contributed by atoms with Crippen LogP contribution in [0.25, 0.3) is 5.57 Å². The van der Waals surface area contributed by atoms with Gasteiger partial charge in [-0.15, -0.1) is 11.8 Å². The molecule has 1 atom stereocenters. The van der Waals surface area contributed by atoms with Gasteiger partial charge in [-0.25, -0.2) is 4.79 Å². The second-order valence-electron chi connectivity index (χ2n) is 5.60. The quantitative estimate of drug-likeness (QED) is 0.446. The number of allylic oxidation sites excluding steroid dienone is 1. The molecule has 0 heterocycles. The number of methoxy groups -OCH3 is 1. The number of rotatable bonds is 8. The summed E-state index contributed by atoms with van der Waals surface area (Å²) in [6.45, 7) is 3.58. The fourth-order valence-corrected chi connectivity index (χ4v) is 3.22.